The van der Waals surface area contributed by atoms with Crippen molar-refractivity contribution in [2.24, 2.45) is 5.84 Å². The third kappa shape index (κ3) is 2.74. The summed E-state index contributed by atoms with van der Waals surface area (Å²) < 4.78 is 0. The molecule has 1 heterocycles. The van der Waals surface area contributed by atoms with Gasteiger partial charge in [-0.1, -0.05) is 0 Å². The first-order valence-corrected chi connectivity index (χ1v) is 4.51. The first kappa shape index (κ1) is 12.1. The van der Waals surface area contributed by atoms with Gasteiger partial charge in [-0.25, -0.2) is 15.8 Å². The summed E-state index contributed by atoms with van der Waals surface area (Å²) in [4.78, 5) is 17.5. The lowest BCUT2D eigenvalue weighted by Crippen LogP contribution is -2.14. The van der Waals surface area contributed by atoms with Gasteiger partial charge in [-0.15, -0.1) is 0 Å². The van der Waals surface area contributed by atoms with E-state index in [2.05, 4.69) is 20.7 Å². The Morgan fingerprint density at radius 2 is 2.19 bits per heavy atom. The van der Waals surface area contributed by atoms with Gasteiger partial charge in [0.25, 0.3) is 0 Å². The lowest BCUT2D eigenvalue weighted by atomic mass is 10.4. The van der Waals surface area contributed by atoms with Crippen LogP contribution in [0.1, 0.15) is 6.42 Å². The maximum Gasteiger partial charge on any atom is 0.354 e. The van der Waals surface area contributed by atoms with Crippen LogP contribution >= 0.6 is 0 Å². The molecule has 0 spiro atoms. The first-order valence-electron chi connectivity index (χ1n) is 4.51. The Hall–Kier alpha value is -2.00. The number of nitrogens with zero attached hydrogens (tertiary/aromatic N) is 3. The van der Waals surface area contributed by atoms with Crippen LogP contribution in [0.4, 0.5) is 17.3 Å². The molecule has 0 atom stereocenters. The molecule has 16 heavy (non-hydrogen) atoms. The first-order chi connectivity index (χ1) is 7.70. The number of rotatable bonds is 6. The molecule has 1 aromatic heterocycles. The van der Waals surface area contributed by atoms with Crippen LogP contribution in [0.15, 0.2) is 6.33 Å². The minimum Gasteiger partial charge on any atom is -0.396 e. The molecule has 0 aromatic carbocycles. The lowest BCUT2D eigenvalue weighted by molar-refractivity contribution is -0.383. The van der Waals surface area contributed by atoms with Crippen LogP contribution in [-0.2, 0) is 0 Å². The quantitative estimate of drug-likeness (QED) is 0.220. The van der Waals surface area contributed by atoms with Crippen molar-refractivity contribution >= 4 is 17.3 Å². The highest BCUT2D eigenvalue weighted by Gasteiger charge is 2.21. The number of nitrogens with one attached hydrogen (secondary N) is 2. The Morgan fingerprint density at radius 3 is 2.75 bits per heavy atom. The monoisotopic (exact) mass is 228 g/mol. The second-order valence-electron chi connectivity index (χ2n) is 2.82. The summed E-state index contributed by atoms with van der Waals surface area (Å²) in [6, 6.07) is 0. The van der Waals surface area contributed by atoms with Gasteiger partial charge >= 0.3 is 5.69 Å². The van der Waals surface area contributed by atoms with E-state index >= 15 is 0 Å². The highest BCUT2D eigenvalue weighted by molar-refractivity contribution is 5.68. The third-order valence-corrected chi connectivity index (χ3v) is 1.77. The van der Waals surface area contributed by atoms with Crippen molar-refractivity contribution in [3.8, 4) is 0 Å². The highest BCUT2D eigenvalue weighted by Crippen LogP contribution is 2.27. The Balaban J connectivity index is 2.93. The average molecular weight is 228 g/mol. The molecule has 0 radical (unpaired) electrons. The number of nitrogens with two attached hydrogens (primary N) is 1. The van der Waals surface area contributed by atoms with Crippen LogP contribution in [0, 0.1) is 10.1 Å². The van der Waals surface area contributed by atoms with Gasteiger partial charge < -0.3 is 15.8 Å². The molecule has 0 aliphatic carbocycles. The van der Waals surface area contributed by atoms with Crippen molar-refractivity contribution in [1.29, 1.82) is 0 Å². The zero-order valence-electron chi connectivity index (χ0n) is 8.38. The smallest absolute Gasteiger partial charge is 0.354 e. The number of aliphatic hydroxyl groups is 1. The van der Waals surface area contributed by atoms with Gasteiger partial charge in [-0.2, -0.15) is 0 Å². The van der Waals surface area contributed by atoms with E-state index in [4.69, 9.17) is 10.9 Å². The molecular weight excluding hydrogens is 216 g/mol. The van der Waals surface area contributed by atoms with Crippen molar-refractivity contribution in [2.45, 2.75) is 6.42 Å². The highest BCUT2D eigenvalue weighted by atomic mass is 16.6. The second-order valence-corrected chi connectivity index (χ2v) is 2.82. The Labute approximate surface area is 90.8 Å². The number of aliphatic hydroxyl groups excluding tert-OH is 1. The predicted molar refractivity (Wildman–Crippen MR) is 56.7 cm³/mol. The summed E-state index contributed by atoms with van der Waals surface area (Å²) in [7, 11) is 0. The largest absolute Gasteiger partial charge is 0.396 e. The number of nitro groups is 1. The van der Waals surface area contributed by atoms with Gasteiger partial charge in [-0.05, 0) is 6.42 Å². The molecule has 0 aliphatic heterocycles. The van der Waals surface area contributed by atoms with Crippen LogP contribution in [0.25, 0.3) is 0 Å². The molecule has 1 rings (SSSR count). The minimum atomic E-state index is -0.628. The van der Waals surface area contributed by atoms with Gasteiger partial charge in [0.1, 0.15) is 6.33 Å². The van der Waals surface area contributed by atoms with Crippen LogP contribution in [0.5, 0.6) is 0 Å². The van der Waals surface area contributed by atoms with Gasteiger partial charge in [0, 0.05) is 13.2 Å². The van der Waals surface area contributed by atoms with E-state index in [1.54, 1.807) is 0 Å². The molecule has 5 N–H and O–H groups in total. The van der Waals surface area contributed by atoms with E-state index in [0.717, 1.165) is 6.33 Å². The Morgan fingerprint density at radius 1 is 1.50 bits per heavy atom. The molecule has 0 aliphatic rings. The summed E-state index contributed by atoms with van der Waals surface area (Å²) in [6.45, 7) is 0.367. The summed E-state index contributed by atoms with van der Waals surface area (Å²) in [6.07, 6.45) is 1.62. The molecule has 0 unspecified atom stereocenters. The summed E-state index contributed by atoms with van der Waals surface area (Å²) in [5, 5.41) is 22.1. The number of aromatic nitrogens is 2. The van der Waals surface area contributed by atoms with Crippen molar-refractivity contribution in [2.75, 3.05) is 23.9 Å². The topological polar surface area (TPSA) is 139 Å². The normalized spacial score (nSPS) is 9.88. The Bertz CT molecular complexity index is 371. The SMILES string of the molecule is NNc1ncnc(NCCCO)c1[N+](=O)[O-]. The summed E-state index contributed by atoms with van der Waals surface area (Å²) in [5.74, 6) is 5.11. The zero-order valence-corrected chi connectivity index (χ0v) is 8.38. The van der Waals surface area contributed by atoms with E-state index in [9.17, 15) is 10.1 Å². The van der Waals surface area contributed by atoms with Gasteiger partial charge in [0.2, 0.25) is 11.6 Å². The number of anilines is 2. The fourth-order valence-corrected chi connectivity index (χ4v) is 1.07. The number of nitrogen functional groups attached to an aromatic ring is 1. The fourth-order valence-electron chi connectivity index (χ4n) is 1.07. The molecule has 0 bridgehead atoms. The maximum absolute atomic E-state index is 10.8. The molecule has 0 amide bonds. The van der Waals surface area contributed by atoms with Gasteiger partial charge in [-0.3, -0.25) is 10.1 Å². The number of hydrogen-bond donors (Lipinski definition) is 4. The van der Waals surface area contributed by atoms with Crippen LogP contribution in [0.3, 0.4) is 0 Å². The molecule has 0 saturated carbocycles. The van der Waals surface area contributed by atoms with Crippen molar-refractivity contribution in [3.63, 3.8) is 0 Å². The van der Waals surface area contributed by atoms with Crippen LogP contribution in [0.2, 0.25) is 0 Å². The third-order valence-electron chi connectivity index (χ3n) is 1.77. The van der Waals surface area contributed by atoms with Crippen molar-refractivity contribution in [3.05, 3.63) is 16.4 Å². The molecule has 0 saturated heterocycles. The average Bonchev–Trinajstić information content (AvgIpc) is 2.28. The molecule has 88 valence electrons. The molecule has 9 nitrogen and oxygen atoms in total. The summed E-state index contributed by atoms with van der Waals surface area (Å²) >= 11 is 0. The van der Waals surface area contributed by atoms with Crippen molar-refractivity contribution in [1.82, 2.24) is 9.97 Å². The van der Waals surface area contributed by atoms with Crippen LogP contribution < -0.4 is 16.6 Å². The molecule has 0 fully saturated rings. The Kier molecular flexibility index (Phi) is 4.36. The van der Waals surface area contributed by atoms with Gasteiger partial charge in [0.05, 0.1) is 4.92 Å². The fraction of sp³-hybridized carbons (Fsp3) is 0.429. The standard InChI is InChI=1S/C7H12N6O3/c8-12-7-5(13(15)16)6(10-4-11-7)9-2-1-3-14/h4,14H,1-3,8H2,(H2,9,10,11,12). The van der Waals surface area contributed by atoms with Crippen molar-refractivity contribution < 1.29 is 10.0 Å². The molecule has 1 aromatic rings. The van der Waals surface area contributed by atoms with E-state index in [1.807, 2.05) is 0 Å². The number of hydrazine groups is 1. The van der Waals surface area contributed by atoms with E-state index in [-0.39, 0.29) is 23.9 Å². The molecule has 9 heteroatoms. The number of hydrogen-bond acceptors (Lipinski definition) is 8. The van der Waals surface area contributed by atoms with E-state index in [0.29, 0.717) is 13.0 Å². The predicted octanol–water partition coefficient (Wildman–Crippen LogP) is -0.535. The van der Waals surface area contributed by atoms with E-state index < -0.39 is 4.92 Å². The molecular formula is C7H12N6O3. The van der Waals surface area contributed by atoms with Gasteiger partial charge in [0.15, 0.2) is 0 Å². The minimum absolute atomic E-state index is 0.00607. The maximum atomic E-state index is 10.8. The second kappa shape index (κ2) is 5.78. The van der Waals surface area contributed by atoms with E-state index in [1.165, 1.54) is 0 Å². The summed E-state index contributed by atoms with van der Waals surface area (Å²) in [5.41, 5.74) is 1.81. The lowest BCUT2D eigenvalue weighted by Gasteiger charge is -2.06. The zero-order chi connectivity index (χ0) is 12.0. The van der Waals surface area contributed by atoms with Crippen LogP contribution in [-0.4, -0.2) is 33.1 Å².